The monoisotopic (exact) mass is 395 g/mol. The van der Waals surface area contributed by atoms with Crippen molar-refractivity contribution in [1.82, 2.24) is 14.6 Å². The van der Waals surface area contributed by atoms with E-state index in [0.29, 0.717) is 29.9 Å². The number of anilines is 1. The fraction of sp³-hybridized carbons (Fsp3) is 0.294. The number of benzene rings is 1. The van der Waals surface area contributed by atoms with Crippen LogP contribution in [0.4, 0.5) is 29.1 Å². The predicted octanol–water partition coefficient (Wildman–Crippen LogP) is 4.21. The maximum Gasteiger partial charge on any atom is 0.419 e. The summed E-state index contributed by atoms with van der Waals surface area (Å²) in [6.45, 7) is 1.65. The van der Waals surface area contributed by atoms with Crippen LogP contribution in [0.1, 0.15) is 29.7 Å². The Balaban J connectivity index is 1.74. The summed E-state index contributed by atoms with van der Waals surface area (Å²) in [7, 11) is 0. The summed E-state index contributed by atoms with van der Waals surface area (Å²) in [5.41, 5.74) is -1.46. The molecule has 11 heteroatoms. The zero-order chi connectivity index (χ0) is 20.3. The molecule has 28 heavy (non-hydrogen) atoms. The van der Waals surface area contributed by atoms with E-state index in [1.165, 1.54) is 10.6 Å². The van der Waals surface area contributed by atoms with E-state index < -0.39 is 28.0 Å². The molecular formula is C17H13F4N5O2. The van der Waals surface area contributed by atoms with Crippen LogP contribution in [-0.2, 0) is 11.7 Å². The van der Waals surface area contributed by atoms with E-state index in [-0.39, 0.29) is 11.3 Å². The highest BCUT2D eigenvalue weighted by Crippen LogP contribution is 2.49. The second-order valence-corrected chi connectivity index (χ2v) is 6.70. The summed E-state index contributed by atoms with van der Waals surface area (Å²) < 4.78 is 53.6. The Morgan fingerprint density at radius 3 is 2.57 bits per heavy atom. The van der Waals surface area contributed by atoms with Crippen molar-refractivity contribution in [3.63, 3.8) is 0 Å². The van der Waals surface area contributed by atoms with E-state index in [2.05, 4.69) is 15.4 Å². The molecule has 1 aliphatic carbocycles. The summed E-state index contributed by atoms with van der Waals surface area (Å²) >= 11 is 0. The van der Waals surface area contributed by atoms with Gasteiger partial charge in [0, 0.05) is 11.8 Å². The van der Waals surface area contributed by atoms with Gasteiger partial charge in [-0.15, -0.1) is 0 Å². The number of hydrogen-bond acceptors (Lipinski definition) is 5. The van der Waals surface area contributed by atoms with Gasteiger partial charge >= 0.3 is 11.9 Å². The van der Waals surface area contributed by atoms with E-state index in [9.17, 15) is 27.7 Å². The molecule has 1 fully saturated rings. The molecule has 0 bridgehead atoms. The highest BCUT2D eigenvalue weighted by molar-refractivity contribution is 5.63. The first kappa shape index (κ1) is 18.1. The molecule has 3 aromatic rings. The molecule has 0 radical (unpaired) electrons. The highest BCUT2D eigenvalue weighted by Gasteiger charge is 2.46. The number of fused-ring (bicyclic) bond motifs is 1. The molecule has 146 valence electrons. The van der Waals surface area contributed by atoms with Crippen molar-refractivity contribution < 1.29 is 22.5 Å². The van der Waals surface area contributed by atoms with Crippen molar-refractivity contribution in [2.24, 2.45) is 0 Å². The molecule has 0 aliphatic heterocycles. The molecule has 2 aromatic heterocycles. The SMILES string of the molecule is Cc1cc(NC2(c3ccc(C(F)(F)F)c(F)c3)CC2)n2ncc([N+](=O)[O-])c2n1. The summed E-state index contributed by atoms with van der Waals surface area (Å²) in [6.07, 6.45) is -2.58. The van der Waals surface area contributed by atoms with Crippen LogP contribution in [0.3, 0.4) is 0 Å². The number of nitrogens with one attached hydrogen (secondary N) is 1. The van der Waals surface area contributed by atoms with Gasteiger partial charge in [-0.3, -0.25) is 10.1 Å². The van der Waals surface area contributed by atoms with Gasteiger partial charge in [-0.25, -0.2) is 9.37 Å². The summed E-state index contributed by atoms with van der Waals surface area (Å²) in [4.78, 5) is 14.7. The van der Waals surface area contributed by atoms with Crippen LogP contribution in [0.5, 0.6) is 0 Å². The van der Waals surface area contributed by atoms with Gasteiger partial charge in [-0.2, -0.15) is 22.8 Å². The number of aromatic nitrogens is 3. The Hall–Kier alpha value is -3.24. The minimum Gasteiger partial charge on any atom is -0.360 e. The van der Waals surface area contributed by atoms with Crippen LogP contribution in [0.25, 0.3) is 5.65 Å². The molecule has 7 nitrogen and oxygen atoms in total. The molecule has 4 rings (SSSR count). The summed E-state index contributed by atoms with van der Waals surface area (Å²) in [5, 5.41) is 18.3. The van der Waals surface area contributed by atoms with Gasteiger partial charge in [0.05, 0.1) is 16.0 Å². The Morgan fingerprint density at radius 1 is 1.29 bits per heavy atom. The van der Waals surface area contributed by atoms with Gasteiger partial charge in [-0.1, -0.05) is 6.07 Å². The number of alkyl halides is 3. The predicted molar refractivity (Wildman–Crippen MR) is 90.3 cm³/mol. The number of hydrogen-bond donors (Lipinski definition) is 1. The van der Waals surface area contributed by atoms with Crippen LogP contribution in [0, 0.1) is 22.9 Å². The topological polar surface area (TPSA) is 85.4 Å². The zero-order valence-electron chi connectivity index (χ0n) is 14.4. The Bertz CT molecular complexity index is 1100. The second-order valence-electron chi connectivity index (χ2n) is 6.70. The van der Waals surface area contributed by atoms with E-state index in [1.54, 1.807) is 13.0 Å². The first-order valence-corrected chi connectivity index (χ1v) is 8.26. The van der Waals surface area contributed by atoms with Crippen molar-refractivity contribution in [2.45, 2.75) is 31.5 Å². The Kier molecular flexibility index (Phi) is 3.81. The number of halogens is 4. The molecule has 0 saturated heterocycles. The molecule has 1 N–H and O–H groups in total. The molecule has 1 saturated carbocycles. The van der Waals surface area contributed by atoms with Gasteiger partial charge in [0.25, 0.3) is 0 Å². The van der Waals surface area contributed by atoms with Gasteiger partial charge in [0.15, 0.2) is 0 Å². The third-order valence-electron chi connectivity index (χ3n) is 4.72. The molecular weight excluding hydrogens is 382 g/mol. The Morgan fingerprint density at radius 2 is 2.00 bits per heavy atom. The molecule has 0 atom stereocenters. The summed E-state index contributed by atoms with van der Waals surface area (Å²) in [5.74, 6) is -0.961. The third kappa shape index (κ3) is 2.92. The lowest BCUT2D eigenvalue weighted by Crippen LogP contribution is -2.22. The quantitative estimate of drug-likeness (QED) is 0.406. The van der Waals surface area contributed by atoms with Gasteiger partial charge < -0.3 is 5.32 Å². The largest absolute Gasteiger partial charge is 0.419 e. The van der Waals surface area contributed by atoms with E-state index in [4.69, 9.17) is 0 Å². The van der Waals surface area contributed by atoms with E-state index in [0.717, 1.165) is 18.3 Å². The first-order valence-electron chi connectivity index (χ1n) is 8.26. The molecule has 1 aliphatic rings. The zero-order valence-corrected chi connectivity index (χ0v) is 14.4. The average Bonchev–Trinajstić information content (AvgIpc) is 3.23. The number of aryl methyl sites for hydroxylation is 1. The van der Waals surface area contributed by atoms with Gasteiger partial charge in [0.1, 0.15) is 17.8 Å². The van der Waals surface area contributed by atoms with E-state index in [1.807, 2.05) is 0 Å². The highest BCUT2D eigenvalue weighted by atomic mass is 19.4. The average molecular weight is 395 g/mol. The smallest absolute Gasteiger partial charge is 0.360 e. The lowest BCUT2D eigenvalue weighted by atomic mass is 10.0. The molecule has 0 spiro atoms. The second kappa shape index (κ2) is 5.88. The summed E-state index contributed by atoms with van der Waals surface area (Å²) in [6, 6.07) is 4.45. The molecule has 0 unspecified atom stereocenters. The van der Waals surface area contributed by atoms with Crippen LogP contribution in [-0.4, -0.2) is 19.5 Å². The Labute approximate surface area is 155 Å². The van der Waals surface area contributed by atoms with Gasteiger partial charge in [-0.05, 0) is 37.5 Å². The maximum atomic E-state index is 14.0. The van der Waals surface area contributed by atoms with Crippen LogP contribution in [0.2, 0.25) is 0 Å². The molecule has 1 aromatic carbocycles. The van der Waals surface area contributed by atoms with Crippen LogP contribution >= 0.6 is 0 Å². The lowest BCUT2D eigenvalue weighted by Gasteiger charge is -2.21. The fourth-order valence-electron chi connectivity index (χ4n) is 3.19. The van der Waals surface area contributed by atoms with Crippen LogP contribution < -0.4 is 5.32 Å². The standard InChI is InChI=1S/C17H13F4N5O2/c1-9-6-14(25-15(23-9)13(8-22-25)26(27)28)24-16(4-5-16)10-2-3-11(12(18)7-10)17(19,20)21/h2-3,6-8,24H,4-5H2,1H3. The van der Waals surface area contributed by atoms with Crippen molar-refractivity contribution in [2.75, 3.05) is 5.32 Å². The normalized spacial score (nSPS) is 15.6. The maximum absolute atomic E-state index is 14.0. The van der Waals surface area contributed by atoms with Crippen molar-refractivity contribution in [1.29, 1.82) is 0 Å². The van der Waals surface area contributed by atoms with Crippen molar-refractivity contribution in [3.8, 4) is 0 Å². The molecule has 0 amide bonds. The number of rotatable bonds is 4. The minimum atomic E-state index is -4.77. The fourth-order valence-corrected chi connectivity index (χ4v) is 3.19. The van der Waals surface area contributed by atoms with E-state index >= 15 is 0 Å². The number of nitrogens with zero attached hydrogens (tertiary/aromatic N) is 4. The number of nitro groups is 1. The minimum absolute atomic E-state index is 0.0434. The molecule has 2 heterocycles. The van der Waals surface area contributed by atoms with Gasteiger partial charge in [0.2, 0.25) is 5.65 Å². The first-order chi connectivity index (χ1) is 13.1. The lowest BCUT2D eigenvalue weighted by molar-refractivity contribution is -0.383. The van der Waals surface area contributed by atoms with Crippen molar-refractivity contribution in [3.05, 3.63) is 63.2 Å². The third-order valence-corrected chi connectivity index (χ3v) is 4.72. The van der Waals surface area contributed by atoms with Crippen LogP contribution in [0.15, 0.2) is 30.5 Å². The van der Waals surface area contributed by atoms with Crippen molar-refractivity contribution >= 4 is 17.2 Å².